The number of nitrogens with zero attached hydrogens (tertiary/aromatic N) is 4. The number of aryl methyl sites for hydroxylation is 1. The molecule has 1 fully saturated rings. The summed E-state index contributed by atoms with van der Waals surface area (Å²) < 4.78 is 7.70. The topological polar surface area (TPSA) is 119 Å². The summed E-state index contributed by atoms with van der Waals surface area (Å²) in [7, 11) is 4.40. The molecular weight excluding hydrogens is 558 g/mol. The fourth-order valence-corrected chi connectivity index (χ4v) is 5.59. The molecule has 0 radical (unpaired) electrons. The number of ether oxygens (including phenoxy) is 1. The van der Waals surface area contributed by atoms with Crippen LogP contribution in [0.5, 0.6) is 5.88 Å². The van der Waals surface area contributed by atoms with Gasteiger partial charge in [-0.05, 0) is 36.6 Å². The fraction of sp³-hybridized carbons (Fsp3) is 0.290. The van der Waals surface area contributed by atoms with E-state index in [0.717, 1.165) is 45.3 Å². The third-order valence-corrected chi connectivity index (χ3v) is 8.02. The maximum atomic E-state index is 13.1. The van der Waals surface area contributed by atoms with Gasteiger partial charge in [-0.15, -0.1) is 0 Å². The number of β-amino-alcohol motifs (C(OH)–C–C–N with tert-alkyl or cyclic N) is 1. The monoisotopic (exact) mass is 589 g/mol. The number of aliphatic hydroxyl groups is 1. The highest BCUT2D eigenvalue weighted by Crippen LogP contribution is 2.39. The molecule has 11 heteroatoms. The van der Waals surface area contributed by atoms with E-state index in [1.54, 1.807) is 19.2 Å². The third kappa shape index (κ3) is 5.61. The number of methoxy groups -OCH3 is 1. The Labute approximate surface area is 247 Å². The zero-order chi connectivity index (χ0) is 30.1. The van der Waals surface area contributed by atoms with Gasteiger partial charge in [-0.25, -0.2) is 9.78 Å². The van der Waals surface area contributed by atoms with Crippen molar-refractivity contribution in [3.8, 4) is 28.3 Å². The summed E-state index contributed by atoms with van der Waals surface area (Å²) >= 11 is 6.98. The van der Waals surface area contributed by atoms with Gasteiger partial charge in [0.05, 0.1) is 23.9 Å². The van der Waals surface area contributed by atoms with Crippen LogP contribution in [0.2, 0.25) is 5.02 Å². The summed E-state index contributed by atoms with van der Waals surface area (Å²) in [6.07, 6.45) is 1.69. The zero-order valence-electron chi connectivity index (χ0n) is 23.8. The van der Waals surface area contributed by atoms with Gasteiger partial charge >= 0.3 is 5.69 Å². The number of halogens is 1. The van der Waals surface area contributed by atoms with Crippen molar-refractivity contribution >= 4 is 23.2 Å². The molecule has 5 rings (SSSR count). The van der Waals surface area contributed by atoms with Crippen molar-refractivity contribution in [2.45, 2.75) is 26.0 Å². The van der Waals surface area contributed by atoms with Gasteiger partial charge < -0.3 is 19.7 Å². The van der Waals surface area contributed by atoms with E-state index in [0.29, 0.717) is 35.4 Å². The van der Waals surface area contributed by atoms with Crippen molar-refractivity contribution in [1.82, 2.24) is 19.0 Å². The van der Waals surface area contributed by atoms with E-state index < -0.39 is 17.2 Å². The largest absolute Gasteiger partial charge is 0.481 e. The number of rotatable bonds is 7. The zero-order valence-corrected chi connectivity index (χ0v) is 24.6. The number of nitrogens with one attached hydrogen (secondary N) is 1. The highest BCUT2D eigenvalue weighted by atomic mass is 35.5. The first-order valence-electron chi connectivity index (χ1n) is 13.5. The normalized spacial score (nSPS) is 15.1. The summed E-state index contributed by atoms with van der Waals surface area (Å²) in [6, 6.07) is 15.0. The molecule has 0 bridgehead atoms. The Balaban J connectivity index is 1.46. The Morgan fingerprint density at radius 3 is 2.52 bits per heavy atom. The highest BCUT2D eigenvalue weighted by Gasteiger charge is 2.23. The number of hydrogen-bond donors (Lipinski definition) is 2. The quantitative estimate of drug-likeness (QED) is 0.338. The van der Waals surface area contributed by atoms with Crippen molar-refractivity contribution < 1.29 is 14.6 Å². The molecule has 0 aliphatic carbocycles. The first-order valence-corrected chi connectivity index (χ1v) is 13.9. The van der Waals surface area contributed by atoms with Crippen LogP contribution in [0.1, 0.15) is 27.9 Å². The molecule has 1 aliphatic heterocycles. The van der Waals surface area contributed by atoms with Crippen LogP contribution in [-0.4, -0.2) is 56.3 Å². The molecule has 10 nitrogen and oxygen atoms in total. The van der Waals surface area contributed by atoms with Crippen molar-refractivity contribution in [1.29, 1.82) is 0 Å². The molecule has 0 unspecified atom stereocenters. The standard InChI is InChI=1S/C31H32ClN5O5/c1-18-21(7-6-10-25(18)33-28(39)24-17-35(2)31(41)36(3)30(24)40)22-8-5-9-23(27(22)32)26-12-11-19(29(34-26)42-4)15-37-14-13-20(38)16-37/h5-12,17,20,38H,13-16H2,1-4H3,(H,33,39)/t20-/m0/s1. The van der Waals surface area contributed by atoms with Gasteiger partial charge in [-0.3, -0.25) is 19.1 Å². The number of carbonyl (C=O) groups excluding carboxylic acids is 1. The van der Waals surface area contributed by atoms with Gasteiger partial charge in [0.15, 0.2) is 0 Å². The summed E-state index contributed by atoms with van der Waals surface area (Å²) in [4.78, 5) is 44.6. The number of anilines is 1. The lowest BCUT2D eigenvalue weighted by Crippen LogP contribution is -2.40. The average molecular weight is 590 g/mol. The lowest BCUT2D eigenvalue weighted by atomic mass is 9.96. The van der Waals surface area contributed by atoms with E-state index in [2.05, 4.69) is 10.2 Å². The first kappa shape index (κ1) is 29.2. The fourth-order valence-electron chi connectivity index (χ4n) is 5.27. The van der Waals surface area contributed by atoms with Gasteiger partial charge in [-0.2, -0.15) is 0 Å². The van der Waals surface area contributed by atoms with Gasteiger partial charge in [0.25, 0.3) is 11.5 Å². The number of aromatic nitrogens is 3. The van der Waals surface area contributed by atoms with Crippen LogP contribution >= 0.6 is 11.6 Å². The van der Waals surface area contributed by atoms with Crippen LogP contribution in [0.15, 0.2) is 64.3 Å². The SMILES string of the molecule is COc1nc(-c2cccc(-c3cccc(NC(=O)c4cn(C)c(=O)n(C)c4=O)c3C)c2Cl)ccc1CN1CC[C@H](O)C1. The summed E-state index contributed by atoms with van der Waals surface area (Å²) in [5.41, 5.74) is 3.76. The molecular formula is C31H32ClN5O5. The molecule has 2 aromatic carbocycles. The maximum Gasteiger partial charge on any atom is 0.330 e. The van der Waals surface area contributed by atoms with Crippen LogP contribution in [0.3, 0.4) is 0 Å². The predicted octanol–water partition coefficient (Wildman–Crippen LogP) is 3.60. The Morgan fingerprint density at radius 2 is 1.81 bits per heavy atom. The van der Waals surface area contributed by atoms with E-state index in [1.807, 2.05) is 43.3 Å². The van der Waals surface area contributed by atoms with Crippen molar-refractivity contribution in [3.63, 3.8) is 0 Å². The number of amides is 1. The molecule has 1 atom stereocenters. The molecule has 2 N–H and O–H groups in total. The molecule has 42 heavy (non-hydrogen) atoms. The molecule has 218 valence electrons. The highest BCUT2D eigenvalue weighted by molar-refractivity contribution is 6.36. The van der Waals surface area contributed by atoms with E-state index in [4.69, 9.17) is 21.3 Å². The van der Waals surface area contributed by atoms with E-state index in [-0.39, 0.29) is 11.7 Å². The predicted molar refractivity (Wildman–Crippen MR) is 162 cm³/mol. The number of likely N-dealkylation sites (tertiary alicyclic amines) is 1. The molecule has 1 saturated heterocycles. The second-order valence-electron chi connectivity index (χ2n) is 10.4. The van der Waals surface area contributed by atoms with E-state index >= 15 is 0 Å². The Bertz CT molecular complexity index is 1800. The second-order valence-corrected chi connectivity index (χ2v) is 10.8. The molecule has 3 heterocycles. The minimum Gasteiger partial charge on any atom is -0.481 e. The Hall–Kier alpha value is -4.25. The van der Waals surface area contributed by atoms with Gasteiger partial charge in [0.2, 0.25) is 5.88 Å². The Kier molecular flexibility index (Phi) is 8.31. The van der Waals surface area contributed by atoms with Crippen LogP contribution in [-0.2, 0) is 20.6 Å². The second kappa shape index (κ2) is 11.9. The van der Waals surface area contributed by atoms with Crippen LogP contribution in [0.25, 0.3) is 22.4 Å². The smallest absolute Gasteiger partial charge is 0.330 e. The molecule has 4 aromatic rings. The number of aliphatic hydroxyl groups excluding tert-OH is 1. The van der Waals surface area contributed by atoms with Crippen molar-refractivity contribution in [3.05, 3.63) is 97.3 Å². The number of hydrogen-bond acceptors (Lipinski definition) is 7. The molecule has 1 amide bonds. The van der Waals surface area contributed by atoms with Gasteiger partial charge in [0.1, 0.15) is 5.56 Å². The van der Waals surface area contributed by atoms with Crippen molar-refractivity contribution in [2.24, 2.45) is 14.1 Å². The number of carbonyl (C=O) groups is 1. The maximum absolute atomic E-state index is 13.1. The summed E-state index contributed by atoms with van der Waals surface area (Å²) in [6.45, 7) is 3.93. The van der Waals surface area contributed by atoms with Crippen LogP contribution in [0, 0.1) is 6.92 Å². The van der Waals surface area contributed by atoms with E-state index in [9.17, 15) is 19.5 Å². The lowest BCUT2D eigenvalue weighted by Gasteiger charge is -2.18. The Morgan fingerprint density at radius 1 is 1.10 bits per heavy atom. The molecule has 2 aromatic heterocycles. The summed E-state index contributed by atoms with van der Waals surface area (Å²) in [5.74, 6) is -0.119. The van der Waals surface area contributed by atoms with Crippen LogP contribution in [0.4, 0.5) is 5.69 Å². The number of pyridine rings is 1. The minimum absolute atomic E-state index is 0.145. The van der Waals surface area contributed by atoms with Gasteiger partial charge in [0, 0.05) is 62.3 Å². The van der Waals surface area contributed by atoms with Crippen LogP contribution < -0.4 is 21.3 Å². The first-order chi connectivity index (χ1) is 20.1. The minimum atomic E-state index is -0.674. The van der Waals surface area contributed by atoms with Gasteiger partial charge in [-0.1, -0.05) is 48.0 Å². The molecule has 1 aliphatic rings. The van der Waals surface area contributed by atoms with Crippen molar-refractivity contribution in [2.75, 3.05) is 25.5 Å². The average Bonchev–Trinajstić information content (AvgIpc) is 3.39. The third-order valence-electron chi connectivity index (χ3n) is 7.61. The number of benzene rings is 2. The molecule has 0 spiro atoms. The summed E-state index contributed by atoms with van der Waals surface area (Å²) in [5, 5.41) is 13.2. The lowest BCUT2D eigenvalue weighted by molar-refractivity contribution is 0.102. The van der Waals surface area contributed by atoms with E-state index in [1.165, 1.54) is 24.9 Å². The molecule has 0 saturated carbocycles.